The number of ether oxygens (including phenoxy) is 1. The highest BCUT2D eigenvalue weighted by Gasteiger charge is 2.24. The number of benzene rings is 1. The van der Waals surface area contributed by atoms with Gasteiger partial charge in [-0.1, -0.05) is 25.5 Å². The second-order valence-electron chi connectivity index (χ2n) is 3.74. The lowest BCUT2D eigenvalue weighted by atomic mass is 9.94. The molecule has 1 rings (SSSR count). The lowest BCUT2D eigenvalue weighted by Crippen LogP contribution is -2.17. The maximum absolute atomic E-state index is 13.9. The van der Waals surface area contributed by atoms with Gasteiger partial charge in [0, 0.05) is 5.56 Å². The number of hydrogen-bond acceptors (Lipinski definition) is 2. The van der Waals surface area contributed by atoms with Gasteiger partial charge in [0.1, 0.15) is 5.82 Å². The number of halogens is 2. The first-order valence-corrected chi connectivity index (χ1v) is 6.51. The van der Waals surface area contributed by atoms with E-state index in [2.05, 4.69) is 15.9 Å². The van der Waals surface area contributed by atoms with Crippen molar-refractivity contribution in [1.82, 2.24) is 0 Å². The molecule has 17 heavy (non-hydrogen) atoms. The third kappa shape index (κ3) is 3.53. The van der Waals surface area contributed by atoms with Crippen LogP contribution >= 0.6 is 15.9 Å². The van der Waals surface area contributed by atoms with Crippen LogP contribution in [0.3, 0.4) is 0 Å². The second kappa shape index (κ2) is 6.74. The van der Waals surface area contributed by atoms with Crippen molar-refractivity contribution in [3.8, 4) is 0 Å². The summed E-state index contributed by atoms with van der Waals surface area (Å²) in [6.45, 7) is 4.02. The van der Waals surface area contributed by atoms with Gasteiger partial charge in [0.2, 0.25) is 0 Å². The van der Waals surface area contributed by atoms with Crippen LogP contribution in [0, 0.1) is 5.82 Å². The van der Waals surface area contributed by atoms with E-state index in [1.807, 2.05) is 6.92 Å². The van der Waals surface area contributed by atoms with Gasteiger partial charge in [-0.2, -0.15) is 0 Å². The van der Waals surface area contributed by atoms with Gasteiger partial charge in [-0.25, -0.2) is 4.39 Å². The maximum atomic E-state index is 13.9. The second-order valence-corrected chi connectivity index (χ2v) is 4.59. The Balaban J connectivity index is 3.05. The van der Waals surface area contributed by atoms with Gasteiger partial charge < -0.3 is 4.74 Å². The van der Waals surface area contributed by atoms with Crippen molar-refractivity contribution >= 4 is 21.9 Å². The van der Waals surface area contributed by atoms with E-state index >= 15 is 0 Å². The van der Waals surface area contributed by atoms with E-state index in [0.717, 1.165) is 6.42 Å². The fraction of sp³-hybridized carbons (Fsp3) is 0.462. The summed E-state index contributed by atoms with van der Waals surface area (Å²) in [6, 6.07) is 4.98. The lowest BCUT2D eigenvalue weighted by Gasteiger charge is -2.16. The Morgan fingerprint density at radius 2 is 2.18 bits per heavy atom. The molecule has 0 heterocycles. The average Bonchev–Trinajstić information content (AvgIpc) is 2.30. The summed E-state index contributed by atoms with van der Waals surface area (Å²) in [6.07, 6.45) is 1.39. The minimum atomic E-state index is -0.516. The molecule has 0 N–H and O–H groups in total. The van der Waals surface area contributed by atoms with Gasteiger partial charge in [0.05, 0.1) is 17.0 Å². The van der Waals surface area contributed by atoms with Crippen molar-refractivity contribution in [1.29, 1.82) is 0 Å². The van der Waals surface area contributed by atoms with Gasteiger partial charge in [0.15, 0.2) is 0 Å². The van der Waals surface area contributed by atoms with E-state index in [0.29, 0.717) is 23.1 Å². The van der Waals surface area contributed by atoms with Crippen molar-refractivity contribution in [2.75, 3.05) is 6.61 Å². The molecule has 0 bridgehead atoms. The number of rotatable bonds is 5. The zero-order valence-electron chi connectivity index (χ0n) is 10.0. The summed E-state index contributed by atoms with van der Waals surface area (Å²) in [5.74, 6) is -1.25. The average molecular weight is 303 g/mol. The molecule has 0 saturated heterocycles. The Morgan fingerprint density at radius 3 is 2.76 bits per heavy atom. The van der Waals surface area contributed by atoms with E-state index in [-0.39, 0.29) is 11.8 Å². The van der Waals surface area contributed by atoms with Crippen molar-refractivity contribution in [2.45, 2.75) is 32.6 Å². The number of carbonyl (C=O) groups excluding carboxylic acids is 1. The standard InChI is InChI=1S/C13H16BrFO2/c1-3-6-10(13(16)17-4-2)9-7-5-8-11(14)12(9)15/h5,7-8,10H,3-4,6H2,1-2H3. The lowest BCUT2D eigenvalue weighted by molar-refractivity contribution is -0.145. The quantitative estimate of drug-likeness (QED) is 0.768. The molecule has 94 valence electrons. The molecule has 1 atom stereocenters. The van der Waals surface area contributed by atoms with Crippen molar-refractivity contribution in [3.05, 3.63) is 34.1 Å². The maximum Gasteiger partial charge on any atom is 0.313 e. The van der Waals surface area contributed by atoms with E-state index in [9.17, 15) is 9.18 Å². The number of esters is 1. The fourth-order valence-electron chi connectivity index (χ4n) is 1.72. The van der Waals surface area contributed by atoms with Gasteiger partial charge in [-0.05, 0) is 35.3 Å². The smallest absolute Gasteiger partial charge is 0.313 e. The highest BCUT2D eigenvalue weighted by Crippen LogP contribution is 2.29. The van der Waals surface area contributed by atoms with E-state index < -0.39 is 5.92 Å². The summed E-state index contributed by atoms with van der Waals surface area (Å²) in [5.41, 5.74) is 0.402. The zero-order chi connectivity index (χ0) is 12.8. The van der Waals surface area contributed by atoms with Gasteiger partial charge in [0.25, 0.3) is 0 Å². The van der Waals surface area contributed by atoms with E-state index in [4.69, 9.17) is 4.74 Å². The van der Waals surface area contributed by atoms with Gasteiger partial charge in [-0.3, -0.25) is 4.79 Å². The molecule has 1 unspecified atom stereocenters. The molecular weight excluding hydrogens is 287 g/mol. The van der Waals surface area contributed by atoms with Crippen LogP contribution in [0.2, 0.25) is 0 Å². The first-order chi connectivity index (χ1) is 8.11. The SMILES string of the molecule is CCCC(C(=O)OCC)c1cccc(Br)c1F. The summed E-state index contributed by atoms with van der Waals surface area (Å²) >= 11 is 3.13. The molecule has 0 radical (unpaired) electrons. The summed E-state index contributed by atoms with van der Waals surface area (Å²) in [5, 5.41) is 0. The highest BCUT2D eigenvalue weighted by atomic mass is 79.9. The van der Waals surface area contributed by atoms with Crippen LogP contribution in [0.4, 0.5) is 4.39 Å². The summed E-state index contributed by atoms with van der Waals surface area (Å²) in [7, 11) is 0. The largest absolute Gasteiger partial charge is 0.466 e. The highest BCUT2D eigenvalue weighted by molar-refractivity contribution is 9.10. The molecular formula is C13H16BrFO2. The van der Waals surface area contributed by atoms with Crippen LogP contribution < -0.4 is 0 Å². The normalized spacial score (nSPS) is 12.2. The minimum absolute atomic E-state index is 0.314. The topological polar surface area (TPSA) is 26.3 Å². The molecule has 0 saturated carbocycles. The Morgan fingerprint density at radius 1 is 1.47 bits per heavy atom. The van der Waals surface area contributed by atoms with Crippen molar-refractivity contribution in [2.24, 2.45) is 0 Å². The summed E-state index contributed by atoms with van der Waals surface area (Å²) in [4.78, 5) is 11.8. The monoisotopic (exact) mass is 302 g/mol. The van der Waals surface area contributed by atoms with E-state index in [1.54, 1.807) is 25.1 Å². The minimum Gasteiger partial charge on any atom is -0.466 e. The first kappa shape index (κ1) is 14.2. The predicted octanol–water partition coefficient (Wildman–Crippen LogP) is 4.04. The van der Waals surface area contributed by atoms with Crippen molar-refractivity contribution < 1.29 is 13.9 Å². The van der Waals surface area contributed by atoms with Crippen LogP contribution in [0.15, 0.2) is 22.7 Å². The molecule has 0 aromatic heterocycles. The van der Waals surface area contributed by atoms with E-state index in [1.165, 1.54) is 0 Å². The first-order valence-electron chi connectivity index (χ1n) is 5.72. The Kier molecular flexibility index (Phi) is 5.62. The van der Waals surface area contributed by atoms with Crippen molar-refractivity contribution in [3.63, 3.8) is 0 Å². The molecule has 2 nitrogen and oxygen atoms in total. The van der Waals surface area contributed by atoms with Crippen LogP contribution in [-0.2, 0) is 9.53 Å². The molecule has 1 aromatic carbocycles. The third-order valence-electron chi connectivity index (χ3n) is 2.51. The Bertz CT molecular complexity index is 393. The molecule has 0 aliphatic carbocycles. The van der Waals surface area contributed by atoms with Crippen LogP contribution in [0.1, 0.15) is 38.2 Å². The van der Waals surface area contributed by atoms with Crippen LogP contribution in [-0.4, -0.2) is 12.6 Å². The molecule has 0 aliphatic heterocycles. The molecule has 0 spiro atoms. The zero-order valence-corrected chi connectivity index (χ0v) is 11.6. The van der Waals surface area contributed by atoms with Gasteiger partial charge >= 0.3 is 5.97 Å². The molecule has 4 heteroatoms. The Labute approximate surface area is 109 Å². The van der Waals surface area contributed by atoms with Crippen LogP contribution in [0.5, 0.6) is 0 Å². The number of carbonyl (C=O) groups is 1. The Hall–Kier alpha value is -0.900. The fourth-order valence-corrected chi connectivity index (χ4v) is 2.10. The molecule has 1 aromatic rings. The van der Waals surface area contributed by atoms with Crippen LogP contribution in [0.25, 0.3) is 0 Å². The summed E-state index contributed by atoms with van der Waals surface area (Å²) < 4.78 is 19.3. The number of hydrogen-bond donors (Lipinski definition) is 0. The molecule has 0 aliphatic rings. The third-order valence-corrected chi connectivity index (χ3v) is 3.12. The van der Waals surface area contributed by atoms with Gasteiger partial charge in [-0.15, -0.1) is 0 Å². The molecule has 0 fully saturated rings. The predicted molar refractivity (Wildman–Crippen MR) is 68.4 cm³/mol. The molecule has 0 amide bonds.